The minimum absolute atomic E-state index is 0.900. The minimum atomic E-state index is 0.900. The van der Waals surface area contributed by atoms with E-state index in [0.717, 1.165) is 11.3 Å². The van der Waals surface area contributed by atoms with Gasteiger partial charge in [0.05, 0.1) is 6.26 Å². The van der Waals surface area contributed by atoms with Crippen molar-refractivity contribution >= 4 is 0 Å². The highest BCUT2D eigenvalue weighted by Crippen LogP contribution is 2.26. The Labute approximate surface area is 119 Å². The number of rotatable bonds is 2. The molecule has 0 amide bonds. The van der Waals surface area contributed by atoms with Crippen LogP contribution in [0.2, 0.25) is 0 Å². The van der Waals surface area contributed by atoms with Gasteiger partial charge >= 0.3 is 0 Å². The summed E-state index contributed by atoms with van der Waals surface area (Å²) in [7, 11) is 2.07. The molecule has 100 valence electrons. The summed E-state index contributed by atoms with van der Waals surface area (Å²) in [5.74, 6) is 0.900. The van der Waals surface area contributed by atoms with Crippen molar-refractivity contribution in [3.63, 3.8) is 0 Å². The first-order valence-corrected chi connectivity index (χ1v) is 6.76. The van der Waals surface area contributed by atoms with E-state index in [1.54, 1.807) is 6.26 Å². The molecule has 0 fully saturated rings. The largest absolute Gasteiger partial charge is 0.464 e. The second-order valence-corrected chi connectivity index (χ2v) is 5.21. The Morgan fingerprint density at radius 3 is 2.60 bits per heavy atom. The molecule has 0 radical (unpaired) electrons. The molecule has 0 aliphatic rings. The summed E-state index contributed by atoms with van der Waals surface area (Å²) in [4.78, 5) is 0. The monoisotopic (exact) mass is 264 g/mol. The van der Waals surface area contributed by atoms with Crippen LogP contribution in [0, 0.1) is 13.8 Å². The summed E-state index contributed by atoms with van der Waals surface area (Å²) in [6.45, 7) is 4.27. The number of benzene rings is 1. The Kier molecular flexibility index (Phi) is 3.15. The van der Waals surface area contributed by atoms with E-state index in [4.69, 9.17) is 4.42 Å². The van der Waals surface area contributed by atoms with Crippen molar-refractivity contribution in [3.8, 4) is 22.6 Å². The van der Waals surface area contributed by atoms with E-state index in [0.29, 0.717) is 0 Å². The molecule has 0 aliphatic heterocycles. The topological polar surface area (TPSA) is 17.0 Å². The van der Waals surface area contributed by atoms with E-state index in [1.165, 1.54) is 22.4 Å². The molecular formula is C18H18NO+. The SMILES string of the molecule is Cc1ccc(C)c(-c2cc(-c3ccco3)cc[n+]2C)c1. The van der Waals surface area contributed by atoms with Gasteiger partial charge in [0, 0.05) is 23.3 Å². The maximum Gasteiger partial charge on any atom is 0.213 e. The van der Waals surface area contributed by atoms with Crippen LogP contribution < -0.4 is 4.57 Å². The average molecular weight is 264 g/mol. The van der Waals surface area contributed by atoms with E-state index >= 15 is 0 Å². The maximum absolute atomic E-state index is 5.49. The number of aromatic nitrogens is 1. The highest BCUT2D eigenvalue weighted by atomic mass is 16.3. The second-order valence-electron chi connectivity index (χ2n) is 5.21. The van der Waals surface area contributed by atoms with E-state index in [-0.39, 0.29) is 0 Å². The summed E-state index contributed by atoms with van der Waals surface area (Å²) in [6.07, 6.45) is 3.79. The van der Waals surface area contributed by atoms with Crippen molar-refractivity contribution in [3.05, 3.63) is 66.1 Å². The van der Waals surface area contributed by atoms with Crippen molar-refractivity contribution in [1.82, 2.24) is 0 Å². The predicted molar refractivity (Wildman–Crippen MR) is 80.2 cm³/mol. The molecule has 0 aliphatic carbocycles. The molecule has 0 spiro atoms. The fraction of sp³-hybridized carbons (Fsp3) is 0.167. The highest BCUT2D eigenvalue weighted by Gasteiger charge is 2.15. The van der Waals surface area contributed by atoms with Gasteiger partial charge in [-0.1, -0.05) is 17.7 Å². The molecule has 0 bridgehead atoms. The number of hydrogen-bond donors (Lipinski definition) is 0. The molecule has 0 unspecified atom stereocenters. The standard InChI is InChI=1S/C18H18NO/c1-13-6-7-14(2)16(11-13)17-12-15(8-9-19(17)3)18-5-4-10-20-18/h4-12H,1-3H3/q+1. The molecular weight excluding hydrogens is 246 g/mol. The lowest BCUT2D eigenvalue weighted by molar-refractivity contribution is -0.660. The molecule has 3 aromatic rings. The van der Waals surface area contributed by atoms with Crippen LogP contribution >= 0.6 is 0 Å². The molecule has 0 N–H and O–H groups in total. The first kappa shape index (κ1) is 12.7. The zero-order chi connectivity index (χ0) is 14.1. The van der Waals surface area contributed by atoms with Crippen molar-refractivity contribution in [2.45, 2.75) is 13.8 Å². The first-order chi connectivity index (χ1) is 9.65. The van der Waals surface area contributed by atoms with Crippen LogP contribution in [-0.4, -0.2) is 0 Å². The van der Waals surface area contributed by atoms with E-state index in [2.05, 4.69) is 62.0 Å². The second kappa shape index (κ2) is 4.97. The van der Waals surface area contributed by atoms with Crippen molar-refractivity contribution < 1.29 is 8.98 Å². The lowest BCUT2D eigenvalue weighted by Gasteiger charge is -2.07. The van der Waals surface area contributed by atoms with Crippen LogP contribution in [0.3, 0.4) is 0 Å². The lowest BCUT2D eigenvalue weighted by atomic mass is 10.0. The van der Waals surface area contributed by atoms with Gasteiger partial charge in [0.1, 0.15) is 12.8 Å². The number of pyridine rings is 1. The minimum Gasteiger partial charge on any atom is -0.464 e. The molecule has 0 atom stereocenters. The van der Waals surface area contributed by atoms with Gasteiger partial charge in [0.15, 0.2) is 6.20 Å². The van der Waals surface area contributed by atoms with Crippen molar-refractivity contribution in [2.24, 2.45) is 7.05 Å². The van der Waals surface area contributed by atoms with Gasteiger partial charge in [0.2, 0.25) is 5.69 Å². The number of aryl methyl sites for hydroxylation is 3. The van der Waals surface area contributed by atoms with Gasteiger partial charge in [-0.15, -0.1) is 0 Å². The third kappa shape index (κ3) is 2.25. The van der Waals surface area contributed by atoms with Crippen LogP contribution in [0.15, 0.2) is 59.3 Å². The quantitative estimate of drug-likeness (QED) is 0.638. The third-order valence-electron chi connectivity index (χ3n) is 3.62. The van der Waals surface area contributed by atoms with E-state index in [9.17, 15) is 0 Å². The number of hydrogen-bond acceptors (Lipinski definition) is 1. The Balaban J connectivity index is 2.18. The molecule has 1 aromatic carbocycles. The summed E-state index contributed by atoms with van der Waals surface area (Å²) in [5.41, 5.74) is 6.11. The summed E-state index contributed by atoms with van der Waals surface area (Å²) in [5, 5.41) is 0. The Hall–Kier alpha value is -2.35. The number of nitrogens with zero attached hydrogens (tertiary/aromatic N) is 1. The van der Waals surface area contributed by atoms with E-state index in [1.807, 2.05) is 12.1 Å². The molecule has 2 aromatic heterocycles. The van der Waals surface area contributed by atoms with E-state index < -0.39 is 0 Å². The fourth-order valence-electron chi connectivity index (χ4n) is 2.45. The van der Waals surface area contributed by atoms with Crippen LogP contribution in [0.1, 0.15) is 11.1 Å². The summed E-state index contributed by atoms with van der Waals surface area (Å²) < 4.78 is 7.64. The summed E-state index contributed by atoms with van der Waals surface area (Å²) >= 11 is 0. The Morgan fingerprint density at radius 1 is 1.00 bits per heavy atom. The Bertz CT molecular complexity index is 742. The van der Waals surface area contributed by atoms with Crippen LogP contribution in [0.5, 0.6) is 0 Å². The van der Waals surface area contributed by atoms with Gasteiger partial charge in [-0.25, -0.2) is 4.57 Å². The van der Waals surface area contributed by atoms with Crippen molar-refractivity contribution in [2.75, 3.05) is 0 Å². The summed E-state index contributed by atoms with van der Waals surface area (Å²) in [6, 6.07) is 14.7. The zero-order valence-electron chi connectivity index (χ0n) is 12.1. The maximum atomic E-state index is 5.49. The van der Waals surface area contributed by atoms with Gasteiger partial charge in [-0.05, 0) is 37.6 Å². The zero-order valence-corrected chi connectivity index (χ0v) is 12.1. The lowest BCUT2D eigenvalue weighted by Crippen LogP contribution is -2.30. The number of furan rings is 1. The normalized spacial score (nSPS) is 10.8. The highest BCUT2D eigenvalue weighted by molar-refractivity contribution is 5.68. The average Bonchev–Trinajstić information content (AvgIpc) is 2.96. The molecule has 2 nitrogen and oxygen atoms in total. The Morgan fingerprint density at radius 2 is 1.85 bits per heavy atom. The van der Waals surface area contributed by atoms with Gasteiger partial charge in [0.25, 0.3) is 0 Å². The molecule has 3 rings (SSSR count). The fourth-order valence-corrected chi connectivity index (χ4v) is 2.45. The first-order valence-electron chi connectivity index (χ1n) is 6.76. The molecule has 0 saturated heterocycles. The van der Waals surface area contributed by atoms with Crippen LogP contribution in [-0.2, 0) is 7.05 Å². The van der Waals surface area contributed by atoms with Crippen LogP contribution in [0.25, 0.3) is 22.6 Å². The third-order valence-corrected chi connectivity index (χ3v) is 3.62. The molecule has 2 heterocycles. The predicted octanol–water partition coefficient (Wildman–Crippen LogP) is 4.05. The van der Waals surface area contributed by atoms with Gasteiger partial charge < -0.3 is 4.42 Å². The van der Waals surface area contributed by atoms with Gasteiger partial charge in [-0.3, -0.25) is 0 Å². The molecule has 2 heteroatoms. The van der Waals surface area contributed by atoms with Gasteiger partial charge in [-0.2, -0.15) is 0 Å². The smallest absolute Gasteiger partial charge is 0.213 e. The van der Waals surface area contributed by atoms with Crippen LogP contribution in [0.4, 0.5) is 0 Å². The molecule has 20 heavy (non-hydrogen) atoms. The van der Waals surface area contributed by atoms with Crippen molar-refractivity contribution in [1.29, 1.82) is 0 Å². The molecule has 0 saturated carbocycles.